The largest absolute Gasteiger partial charge is 0.368 e. The summed E-state index contributed by atoms with van der Waals surface area (Å²) in [7, 11) is 0. The zero-order chi connectivity index (χ0) is 12.4. The van der Waals surface area contributed by atoms with E-state index in [1.54, 1.807) is 0 Å². The number of hydrogen-bond donors (Lipinski definition) is 1. The predicted octanol–water partition coefficient (Wildman–Crippen LogP) is 3.37. The van der Waals surface area contributed by atoms with E-state index in [1.165, 1.54) is 11.8 Å². The molecule has 2 aromatic rings. The van der Waals surface area contributed by atoms with E-state index in [2.05, 4.69) is 46.8 Å². The Morgan fingerprint density at radius 1 is 1.18 bits per heavy atom. The first-order valence-corrected chi connectivity index (χ1v) is 7.42. The minimum absolute atomic E-state index is 0.228. The molecule has 0 spiro atoms. The molecule has 7 heteroatoms. The van der Waals surface area contributed by atoms with Crippen LogP contribution in [0.4, 0.5) is 5.95 Å². The van der Waals surface area contributed by atoms with Crippen LogP contribution in [0.25, 0.3) is 11.4 Å². The lowest BCUT2D eigenvalue weighted by molar-refractivity contribution is 0.927. The lowest BCUT2D eigenvalue weighted by Gasteiger charge is -2.05. The van der Waals surface area contributed by atoms with Crippen molar-refractivity contribution in [2.45, 2.75) is 5.16 Å². The van der Waals surface area contributed by atoms with Crippen molar-refractivity contribution >= 4 is 49.6 Å². The number of anilines is 1. The molecule has 0 unspecified atom stereocenters. The third-order valence-electron chi connectivity index (χ3n) is 1.98. The summed E-state index contributed by atoms with van der Waals surface area (Å²) in [6.45, 7) is 0. The van der Waals surface area contributed by atoms with E-state index in [4.69, 9.17) is 5.73 Å². The Morgan fingerprint density at radius 3 is 2.65 bits per heavy atom. The van der Waals surface area contributed by atoms with E-state index in [0.717, 1.165) is 14.5 Å². The molecule has 0 fully saturated rings. The molecule has 0 bridgehead atoms. The molecule has 0 radical (unpaired) electrons. The molecule has 2 N–H and O–H groups in total. The Balaban J connectivity index is 2.59. The van der Waals surface area contributed by atoms with Crippen molar-refractivity contribution in [3.8, 4) is 11.4 Å². The summed E-state index contributed by atoms with van der Waals surface area (Å²) < 4.78 is 1.87. The van der Waals surface area contributed by atoms with Crippen LogP contribution in [0.1, 0.15) is 0 Å². The van der Waals surface area contributed by atoms with Crippen molar-refractivity contribution in [2.24, 2.45) is 0 Å². The fraction of sp³-hybridized carbons (Fsp3) is 0.100. The van der Waals surface area contributed by atoms with Gasteiger partial charge in [-0.3, -0.25) is 0 Å². The number of hydrogen-bond acceptors (Lipinski definition) is 5. The first kappa shape index (κ1) is 12.8. The van der Waals surface area contributed by atoms with Gasteiger partial charge in [-0.1, -0.05) is 43.6 Å². The molecule has 0 saturated heterocycles. The molecule has 17 heavy (non-hydrogen) atoms. The lowest BCUT2D eigenvalue weighted by atomic mass is 10.2. The van der Waals surface area contributed by atoms with Crippen LogP contribution in [0.5, 0.6) is 0 Å². The highest BCUT2D eigenvalue weighted by Crippen LogP contribution is 2.29. The third kappa shape index (κ3) is 2.97. The van der Waals surface area contributed by atoms with E-state index in [-0.39, 0.29) is 5.95 Å². The number of halogens is 2. The van der Waals surface area contributed by atoms with E-state index in [0.29, 0.717) is 11.0 Å². The van der Waals surface area contributed by atoms with Gasteiger partial charge in [-0.2, -0.15) is 9.97 Å². The van der Waals surface area contributed by atoms with Crippen molar-refractivity contribution < 1.29 is 0 Å². The van der Waals surface area contributed by atoms with Crippen molar-refractivity contribution in [1.82, 2.24) is 15.0 Å². The normalized spacial score (nSPS) is 10.5. The molecule has 0 amide bonds. The molecule has 1 aromatic carbocycles. The SMILES string of the molecule is CSc1nc(N)nc(-c2cc(Br)ccc2Br)n1. The third-order valence-corrected chi connectivity index (χ3v) is 3.72. The Bertz CT molecular complexity index is 562. The van der Waals surface area contributed by atoms with E-state index in [9.17, 15) is 0 Å². The van der Waals surface area contributed by atoms with Crippen LogP contribution in [0, 0.1) is 0 Å². The number of nitrogens with zero attached hydrogens (tertiary/aromatic N) is 3. The zero-order valence-electron chi connectivity index (χ0n) is 8.82. The van der Waals surface area contributed by atoms with Gasteiger partial charge in [0.05, 0.1) is 0 Å². The summed E-state index contributed by atoms with van der Waals surface area (Å²) in [4.78, 5) is 12.5. The van der Waals surface area contributed by atoms with Crippen molar-refractivity contribution in [3.63, 3.8) is 0 Å². The monoisotopic (exact) mass is 374 g/mol. The lowest BCUT2D eigenvalue weighted by Crippen LogP contribution is -2.01. The van der Waals surface area contributed by atoms with Crippen LogP contribution < -0.4 is 5.73 Å². The molecule has 2 rings (SSSR count). The molecular weight excluding hydrogens is 368 g/mol. The number of nitrogen functional groups attached to an aromatic ring is 1. The highest BCUT2D eigenvalue weighted by Gasteiger charge is 2.10. The molecule has 0 aliphatic rings. The smallest absolute Gasteiger partial charge is 0.224 e. The molecule has 1 heterocycles. The zero-order valence-corrected chi connectivity index (χ0v) is 12.8. The second-order valence-corrected chi connectivity index (χ2v) is 5.67. The minimum atomic E-state index is 0.228. The van der Waals surface area contributed by atoms with Gasteiger partial charge in [-0.15, -0.1) is 0 Å². The number of thioether (sulfide) groups is 1. The fourth-order valence-corrected chi connectivity index (χ4v) is 2.40. The quantitative estimate of drug-likeness (QED) is 0.815. The molecule has 0 aliphatic carbocycles. The Kier molecular flexibility index (Phi) is 4.01. The van der Waals surface area contributed by atoms with Crippen LogP contribution in [-0.2, 0) is 0 Å². The summed E-state index contributed by atoms with van der Waals surface area (Å²) in [5, 5.41) is 0.611. The standard InChI is InChI=1S/C10H8Br2N4S/c1-17-10-15-8(14-9(13)16-10)6-4-5(11)2-3-7(6)12/h2-4H,1H3,(H2,13,14,15,16). The second kappa shape index (κ2) is 5.32. The van der Waals surface area contributed by atoms with E-state index >= 15 is 0 Å². The van der Waals surface area contributed by atoms with Gasteiger partial charge in [0.15, 0.2) is 11.0 Å². The van der Waals surface area contributed by atoms with Crippen LogP contribution in [0.3, 0.4) is 0 Å². The first-order valence-electron chi connectivity index (χ1n) is 4.61. The molecule has 0 aliphatic heterocycles. The summed E-state index contributed by atoms with van der Waals surface area (Å²) in [6, 6.07) is 5.80. The van der Waals surface area contributed by atoms with Gasteiger partial charge >= 0.3 is 0 Å². The molecule has 0 atom stereocenters. The molecule has 88 valence electrons. The van der Waals surface area contributed by atoms with Gasteiger partial charge in [-0.25, -0.2) is 4.98 Å². The maximum atomic E-state index is 5.66. The van der Waals surface area contributed by atoms with E-state index < -0.39 is 0 Å². The summed E-state index contributed by atoms with van der Waals surface area (Å²) in [5.41, 5.74) is 6.54. The van der Waals surface area contributed by atoms with Crippen LogP contribution in [0.15, 0.2) is 32.3 Å². The summed E-state index contributed by atoms with van der Waals surface area (Å²) >= 11 is 8.32. The van der Waals surface area contributed by atoms with Gasteiger partial charge in [-0.05, 0) is 24.5 Å². The maximum absolute atomic E-state index is 5.66. The first-order chi connectivity index (χ1) is 8.10. The number of aromatic nitrogens is 3. The van der Waals surface area contributed by atoms with Gasteiger partial charge in [0.2, 0.25) is 5.95 Å². The average molecular weight is 376 g/mol. The summed E-state index contributed by atoms with van der Waals surface area (Å²) in [5.74, 6) is 0.793. The molecule has 1 aromatic heterocycles. The molecule has 4 nitrogen and oxygen atoms in total. The van der Waals surface area contributed by atoms with Crippen molar-refractivity contribution in [3.05, 3.63) is 27.1 Å². The highest BCUT2D eigenvalue weighted by molar-refractivity contribution is 9.11. The number of benzene rings is 1. The van der Waals surface area contributed by atoms with Gasteiger partial charge < -0.3 is 5.73 Å². The number of rotatable bonds is 2. The molecule has 0 saturated carbocycles. The fourth-order valence-electron chi connectivity index (χ4n) is 1.25. The summed E-state index contributed by atoms with van der Waals surface area (Å²) in [6.07, 6.45) is 1.90. The number of nitrogens with two attached hydrogens (primary N) is 1. The Morgan fingerprint density at radius 2 is 1.94 bits per heavy atom. The van der Waals surface area contributed by atoms with Crippen LogP contribution >= 0.6 is 43.6 Å². The van der Waals surface area contributed by atoms with Crippen LogP contribution in [-0.4, -0.2) is 21.2 Å². The van der Waals surface area contributed by atoms with Crippen molar-refractivity contribution in [1.29, 1.82) is 0 Å². The average Bonchev–Trinajstić information content (AvgIpc) is 2.31. The predicted molar refractivity (Wildman–Crippen MR) is 76.9 cm³/mol. The topological polar surface area (TPSA) is 64.7 Å². The van der Waals surface area contributed by atoms with Gasteiger partial charge in [0.25, 0.3) is 0 Å². The molecular formula is C10H8Br2N4S. The van der Waals surface area contributed by atoms with Crippen LogP contribution in [0.2, 0.25) is 0 Å². The van der Waals surface area contributed by atoms with Crippen molar-refractivity contribution in [2.75, 3.05) is 12.0 Å². The Hall–Kier alpha value is -0.660. The second-order valence-electron chi connectivity index (χ2n) is 3.13. The van der Waals surface area contributed by atoms with Gasteiger partial charge in [0, 0.05) is 14.5 Å². The highest BCUT2D eigenvalue weighted by atomic mass is 79.9. The minimum Gasteiger partial charge on any atom is -0.368 e. The maximum Gasteiger partial charge on any atom is 0.224 e. The van der Waals surface area contributed by atoms with Gasteiger partial charge in [0.1, 0.15) is 0 Å². The van der Waals surface area contributed by atoms with E-state index in [1.807, 2.05) is 24.5 Å². The Labute approximate surface area is 120 Å².